The second-order valence-corrected chi connectivity index (χ2v) is 6.73. The largest absolute Gasteiger partial charge is 0.443 e. The third kappa shape index (κ3) is 2.86. The molecule has 5 aromatic rings. The second-order valence-electron chi connectivity index (χ2n) is 6.73. The van der Waals surface area contributed by atoms with Gasteiger partial charge in [0.15, 0.2) is 23.6 Å². The molecule has 0 spiro atoms. The minimum absolute atomic E-state index is 0.235. The fraction of sp³-hybridized carbons (Fsp3) is 0.0455. The lowest BCUT2D eigenvalue weighted by Crippen LogP contribution is -2.16. The van der Waals surface area contributed by atoms with Crippen molar-refractivity contribution in [3.8, 4) is 11.9 Å². The molecule has 0 saturated carbocycles. The molecule has 8 heteroatoms. The van der Waals surface area contributed by atoms with Crippen LogP contribution in [0.4, 0.5) is 5.82 Å². The third-order valence-corrected chi connectivity index (χ3v) is 4.84. The molecule has 0 bridgehead atoms. The molecule has 0 atom stereocenters. The molecule has 2 aromatic carbocycles. The summed E-state index contributed by atoms with van der Waals surface area (Å²) < 4.78 is 6.67. The third-order valence-electron chi connectivity index (χ3n) is 4.84. The quantitative estimate of drug-likeness (QED) is 0.495. The maximum atomic E-state index is 12.9. The van der Waals surface area contributed by atoms with Crippen molar-refractivity contribution in [3.05, 3.63) is 77.8 Å². The zero-order valence-electron chi connectivity index (χ0n) is 15.8. The van der Waals surface area contributed by atoms with Crippen LogP contribution in [-0.4, -0.2) is 25.7 Å². The Labute approximate surface area is 170 Å². The summed E-state index contributed by atoms with van der Waals surface area (Å²) in [5.74, 6) is 0.371. The van der Waals surface area contributed by atoms with Crippen molar-refractivity contribution in [1.29, 1.82) is 5.26 Å². The van der Waals surface area contributed by atoms with Crippen LogP contribution >= 0.6 is 0 Å². The van der Waals surface area contributed by atoms with Crippen LogP contribution in [0.15, 0.2) is 65.5 Å². The van der Waals surface area contributed by atoms with E-state index in [1.165, 1.54) is 17.3 Å². The molecule has 1 N–H and O–H groups in total. The van der Waals surface area contributed by atoms with E-state index < -0.39 is 5.91 Å². The predicted octanol–water partition coefficient (Wildman–Crippen LogP) is 3.99. The van der Waals surface area contributed by atoms with Crippen LogP contribution < -0.4 is 5.32 Å². The lowest BCUT2D eigenvalue weighted by atomic mass is 10.1. The highest BCUT2D eigenvalue weighted by atomic mass is 16.3. The lowest BCUT2D eigenvalue weighted by molar-refractivity contribution is 0.102. The average molecular weight is 394 g/mol. The van der Waals surface area contributed by atoms with Crippen LogP contribution in [-0.2, 0) is 0 Å². The summed E-state index contributed by atoms with van der Waals surface area (Å²) in [6.07, 6.45) is 2.73. The SMILES string of the molecule is Cc1cc(-n2ncc(C#N)c2NC(=O)c2ccc3ocnc3c2)nc2ccccc12. The fourth-order valence-electron chi connectivity index (χ4n) is 3.34. The van der Waals surface area contributed by atoms with E-state index in [0.29, 0.717) is 22.5 Å². The summed E-state index contributed by atoms with van der Waals surface area (Å²) >= 11 is 0. The summed E-state index contributed by atoms with van der Waals surface area (Å²) in [5.41, 5.74) is 3.59. The number of aromatic nitrogens is 4. The Balaban J connectivity index is 1.57. The van der Waals surface area contributed by atoms with Gasteiger partial charge in [0.1, 0.15) is 17.1 Å². The zero-order chi connectivity index (χ0) is 20.7. The molecule has 30 heavy (non-hydrogen) atoms. The van der Waals surface area contributed by atoms with Crippen LogP contribution in [0, 0.1) is 18.3 Å². The Kier molecular flexibility index (Phi) is 4.00. The maximum absolute atomic E-state index is 12.9. The molecule has 0 aliphatic carbocycles. The van der Waals surface area contributed by atoms with Gasteiger partial charge in [0, 0.05) is 10.9 Å². The van der Waals surface area contributed by atoms with Gasteiger partial charge in [0.05, 0.1) is 11.7 Å². The van der Waals surface area contributed by atoms with E-state index in [4.69, 9.17) is 4.42 Å². The molecule has 1 amide bonds. The summed E-state index contributed by atoms with van der Waals surface area (Å²) in [6.45, 7) is 1.98. The number of carbonyl (C=O) groups is 1. The molecule has 0 aliphatic rings. The molecule has 3 heterocycles. The molecule has 0 fully saturated rings. The van der Waals surface area contributed by atoms with Gasteiger partial charge in [-0.15, -0.1) is 0 Å². The van der Waals surface area contributed by atoms with E-state index in [2.05, 4.69) is 26.5 Å². The number of rotatable bonds is 3. The Morgan fingerprint density at radius 2 is 2.03 bits per heavy atom. The van der Waals surface area contributed by atoms with Crippen LogP contribution in [0.1, 0.15) is 21.5 Å². The molecular weight excluding hydrogens is 380 g/mol. The fourth-order valence-corrected chi connectivity index (χ4v) is 3.34. The van der Waals surface area contributed by atoms with E-state index in [9.17, 15) is 10.1 Å². The number of hydrogen-bond donors (Lipinski definition) is 1. The predicted molar refractivity (Wildman–Crippen MR) is 110 cm³/mol. The number of benzene rings is 2. The standard InChI is InChI=1S/C22H14N6O2/c1-13-8-20(26-17-5-3-2-4-16(13)17)28-21(15(10-23)11-25-28)27-22(29)14-6-7-19-18(9-14)24-12-30-19/h2-9,11-12H,1H3,(H,27,29). The van der Waals surface area contributed by atoms with Crippen LogP contribution in [0.2, 0.25) is 0 Å². The second kappa shape index (κ2) is 6.83. The summed E-state index contributed by atoms with van der Waals surface area (Å²) in [4.78, 5) is 21.6. The monoisotopic (exact) mass is 394 g/mol. The first-order valence-corrected chi connectivity index (χ1v) is 9.13. The average Bonchev–Trinajstić information content (AvgIpc) is 3.39. The van der Waals surface area contributed by atoms with Gasteiger partial charge >= 0.3 is 0 Å². The number of para-hydroxylation sites is 1. The Morgan fingerprint density at radius 3 is 2.90 bits per heavy atom. The molecule has 144 valence electrons. The number of pyridine rings is 1. The zero-order valence-corrected chi connectivity index (χ0v) is 15.8. The molecular formula is C22H14N6O2. The molecule has 0 aliphatic heterocycles. The first-order chi connectivity index (χ1) is 14.6. The number of carbonyl (C=O) groups excluding carboxylic acids is 1. The number of nitrogens with zero attached hydrogens (tertiary/aromatic N) is 5. The van der Waals surface area contributed by atoms with Crippen molar-refractivity contribution in [1.82, 2.24) is 19.7 Å². The van der Waals surface area contributed by atoms with Crippen molar-refractivity contribution in [3.63, 3.8) is 0 Å². The van der Waals surface area contributed by atoms with Crippen molar-refractivity contribution in [2.24, 2.45) is 0 Å². The molecule has 0 radical (unpaired) electrons. The van der Waals surface area contributed by atoms with Gasteiger partial charge in [0.25, 0.3) is 5.91 Å². The summed E-state index contributed by atoms with van der Waals surface area (Å²) in [5, 5.41) is 17.6. The molecule has 8 nitrogen and oxygen atoms in total. The Hall–Kier alpha value is -4.51. The normalized spacial score (nSPS) is 10.9. The van der Waals surface area contributed by atoms with Crippen molar-refractivity contribution in [2.75, 3.05) is 5.32 Å². The number of oxazole rings is 1. The van der Waals surface area contributed by atoms with Gasteiger partial charge in [-0.2, -0.15) is 15.0 Å². The number of hydrogen-bond acceptors (Lipinski definition) is 6. The number of nitriles is 1. The van der Waals surface area contributed by atoms with Gasteiger partial charge in [-0.05, 0) is 42.8 Å². The lowest BCUT2D eigenvalue weighted by Gasteiger charge is -2.11. The number of amides is 1. The molecule has 5 rings (SSSR count). The van der Waals surface area contributed by atoms with Crippen molar-refractivity contribution in [2.45, 2.75) is 6.92 Å². The Morgan fingerprint density at radius 1 is 1.17 bits per heavy atom. The molecule has 0 unspecified atom stereocenters. The highest BCUT2D eigenvalue weighted by molar-refractivity contribution is 6.06. The number of aryl methyl sites for hydroxylation is 1. The highest BCUT2D eigenvalue weighted by Gasteiger charge is 2.18. The number of anilines is 1. The van der Waals surface area contributed by atoms with Crippen LogP contribution in [0.25, 0.3) is 27.8 Å². The van der Waals surface area contributed by atoms with Gasteiger partial charge in [0.2, 0.25) is 0 Å². The highest BCUT2D eigenvalue weighted by Crippen LogP contribution is 2.24. The first-order valence-electron chi connectivity index (χ1n) is 9.13. The van der Waals surface area contributed by atoms with E-state index in [0.717, 1.165) is 16.5 Å². The van der Waals surface area contributed by atoms with Crippen LogP contribution in [0.5, 0.6) is 0 Å². The van der Waals surface area contributed by atoms with E-state index in [-0.39, 0.29) is 11.4 Å². The number of nitrogens with one attached hydrogen (secondary N) is 1. The maximum Gasteiger partial charge on any atom is 0.256 e. The molecule has 3 aromatic heterocycles. The van der Waals surface area contributed by atoms with E-state index in [1.54, 1.807) is 18.2 Å². The van der Waals surface area contributed by atoms with Crippen molar-refractivity contribution >= 4 is 33.7 Å². The first kappa shape index (κ1) is 17.6. The smallest absolute Gasteiger partial charge is 0.256 e. The number of fused-ring (bicyclic) bond motifs is 2. The van der Waals surface area contributed by atoms with Gasteiger partial charge in [-0.3, -0.25) is 4.79 Å². The van der Waals surface area contributed by atoms with Gasteiger partial charge in [-0.25, -0.2) is 9.97 Å². The van der Waals surface area contributed by atoms with E-state index >= 15 is 0 Å². The minimum atomic E-state index is -0.393. The summed E-state index contributed by atoms with van der Waals surface area (Å²) in [6, 6.07) is 16.6. The van der Waals surface area contributed by atoms with Crippen LogP contribution in [0.3, 0.4) is 0 Å². The van der Waals surface area contributed by atoms with Crippen molar-refractivity contribution < 1.29 is 9.21 Å². The molecule has 0 saturated heterocycles. The minimum Gasteiger partial charge on any atom is -0.443 e. The van der Waals surface area contributed by atoms with Gasteiger partial charge < -0.3 is 9.73 Å². The van der Waals surface area contributed by atoms with Gasteiger partial charge in [-0.1, -0.05) is 18.2 Å². The summed E-state index contributed by atoms with van der Waals surface area (Å²) in [7, 11) is 0. The van der Waals surface area contributed by atoms with E-state index in [1.807, 2.05) is 37.3 Å². The Bertz CT molecular complexity index is 1470. The topological polar surface area (TPSA) is 110 Å².